The van der Waals surface area contributed by atoms with Crippen LogP contribution in [0.15, 0.2) is 36.4 Å². The molecule has 0 radical (unpaired) electrons. The van der Waals surface area contributed by atoms with Crippen LogP contribution in [0.5, 0.6) is 17.2 Å². The number of aliphatic carboxylic acids is 3. The summed E-state index contributed by atoms with van der Waals surface area (Å²) in [5, 5.41) is 45.2. The Hall–Kier alpha value is -2.17. The van der Waals surface area contributed by atoms with Crippen LogP contribution in [0.4, 0.5) is 0 Å². The lowest BCUT2D eigenvalue weighted by Crippen LogP contribution is -2.51. The van der Waals surface area contributed by atoms with Crippen molar-refractivity contribution in [1.29, 1.82) is 0 Å². The van der Waals surface area contributed by atoms with E-state index in [0.717, 1.165) is 12.0 Å². The lowest BCUT2D eigenvalue weighted by molar-refractivity contribution is -0.312. The second-order valence-corrected chi connectivity index (χ2v) is 9.29. The Morgan fingerprint density at radius 2 is 1.55 bits per heavy atom. The third kappa shape index (κ3) is 9.30. The first-order chi connectivity index (χ1) is 15.5. The van der Waals surface area contributed by atoms with Gasteiger partial charge in [0.25, 0.3) is 0 Å². The van der Waals surface area contributed by atoms with Crippen molar-refractivity contribution in [3.05, 3.63) is 49.1 Å². The largest absolute Gasteiger partial charge is 0.549 e. The third-order valence-corrected chi connectivity index (χ3v) is 5.97. The molecule has 0 fully saturated rings. The second kappa shape index (κ2) is 12.9. The SMILES string of the molecule is O=C([O-])CN(CCN[C@H](Cc1cc(I)c(Oc2ccc(O)cc2)c(I)c1)C(=O)[O-])CC(=O)[O-]. The Morgan fingerprint density at radius 3 is 2.03 bits per heavy atom. The number of phenolic OH excluding ortho intramolecular Hbond substituents is 1. The van der Waals surface area contributed by atoms with Gasteiger partial charge in [0.1, 0.15) is 11.5 Å². The zero-order chi connectivity index (χ0) is 24.5. The molecule has 2 aromatic carbocycles. The average molecular weight is 681 g/mol. The molecule has 10 nitrogen and oxygen atoms in total. The van der Waals surface area contributed by atoms with Crippen molar-refractivity contribution in [1.82, 2.24) is 10.2 Å². The third-order valence-electron chi connectivity index (χ3n) is 4.36. The minimum atomic E-state index is -1.45. The minimum absolute atomic E-state index is 0.00936. The highest BCUT2D eigenvalue weighted by Gasteiger charge is 2.16. The van der Waals surface area contributed by atoms with Crippen molar-refractivity contribution in [2.45, 2.75) is 12.5 Å². The first kappa shape index (κ1) is 27.1. The summed E-state index contributed by atoms with van der Waals surface area (Å²) in [6.07, 6.45) is 0.0782. The molecule has 33 heavy (non-hydrogen) atoms. The molecule has 0 heterocycles. The van der Waals surface area contributed by atoms with Gasteiger partial charge in [-0.25, -0.2) is 0 Å². The van der Waals surface area contributed by atoms with Crippen LogP contribution in [0, 0.1) is 7.14 Å². The van der Waals surface area contributed by atoms with E-state index < -0.39 is 37.0 Å². The molecule has 2 aromatic rings. The number of halogens is 2. The molecule has 2 rings (SSSR count). The van der Waals surface area contributed by atoms with E-state index in [0.29, 0.717) is 17.1 Å². The van der Waals surface area contributed by atoms with Gasteiger partial charge in [0.05, 0.1) is 31.1 Å². The fraction of sp³-hybridized carbons (Fsp3) is 0.286. The standard InChI is InChI=1S/C21H22I2N2O8/c22-15-7-12(8-16(23)20(15)33-14-3-1-13(26)2-4-14)9-17(21(31)32)24-5-6-25(10-18(27)28)11-19(29)30/h1-4,7-8,17,24,26H,5-6,9-11H2,(H,27,28)(H,29,30)(H,31,32)/p-3/t17-/m1/s1. The molecule has 0 bridgehead atoms. The summed E-state index contributed by atoms with van der Waals surface area (Å²) in [6.45, 7) is -1.27. The van der Waals surface area contributed by atoms with Crippen LogP contribution in [0.2, 0.25) is 0 Å². The number of phenols is 1. The zero-order valence-electron chi connectivity index (χ0n) is 17.1. The maximum Gasteiger partial charge on any atom is 0.154 e. The Labute approximate surface area is 216 Å². The average Bonchev–Trinajstić information content (AvgIpc) is 2.70. The quantitative estimate of drug-likeness (QED) is 0.237. The van der Waals surface area contributed by atoms with Gasteiger partial charge in [-0.3, -0.25) is 4.90 Å². The van der Waals surface area contributed by atoms with Crippen molar-refractivity contribution < 1.29 is 39.5 Å². The number of carbonyl (C=O) groups is 3. The summed E-state index contributed by atoms with van der Waals surface area (Å²) in [7, 11) is 0. The van der Waals surface area contributed by atoms with Crippen LogP contribution in [0.25, 0.3) is 0 Å². The topological polar surface area (TPSA) is 165 Å². The normalized spacial score (nSPS) is 11.8. The molecule has 0 unspecified atom stereocenters. The molecule has 2 N–H and O–H groups in total. The summed E-state index contributed by atoms with van der Waals surface area (Å²) in [6, 6.07) is 8.70. The van der Waals surface area contributed by atoms with Crippen molar-refractivity contribution in [3.8, 4) is 17.2 Å². The van der Waals surface area contributed by atoms with Crippen molar-refractivity contribution >= 4 is 63.1 Å². The van der Waals surface area contributed by atoms with Gasteiger partial charge in [-0.2, -0.15) is 0 Å². The number of hydrogen-bond acceptors (Lipinski definition) is 10. The fourth-order valence-electron chi connectivity index (χ4n) is 2.91. The molecule has 0 saturated heterocycles. The van der Waals surface area contributed by atoms with Gasteiger partial charge in [-0.15, -0.1) is 0 Å². The van der Waals surface area contributed by atoms with Crippen LogP contribution < -0.4 is 25.4 Å². The molecule has 0 aromatic heterocycles. The van der Waals surface area contributed by atoms with Crippen molar-refractivity contribution in [2.75, 3.05) is 26.2 Å². The van der Waals surface area contributed by atoms with Gasteiger partial charge in [0.15, 0.2) is 5.75 Å². The number of carboxylic acid groups (broad SMARTS) is 3. The molecule has 0 spiro atoms. The van der Waals surface area contributed by atoms with Crippen LogP contribution in [0.3, 0.4) is 0 Å². The predicted octanol–water partition coefficient (Wildman–Crippen LogP) is -1.55. The number of ether oxygens (including phenoxy) is 1. The number of carboxylic acids is 3. The van der Waals surface area contributed by atoms with E-state index in [-0.39, 0.29) is 25.3 Å². The smallest absolute Gasteiger partial charge is 0.154 e. The Kier molecular flexibility index (Phi) is 10.6. The molecule has 0 aliphatic rings. The van der Waals surface area contributed by atoms with Gasteiger partial charge >= 0.3 is 0 Å². The van der Waals surface area contributed by atoms with Gasteiger partial charge in [-0.1, -0.05) is 0 Å². The van der Waals surface area contributed by atoms with Gasteiger partial charge < -0.3 is 44.9 Å². The van der Waals surface area contributed by atoms with Crippen molar-refractivity contribution in [2.24, 2.45) is 0 Å². The maximum absolute atomic E-state index is 11.6. The Morgan fingerprint density at radius 1 is 1.00 bits per heavy atom. The maximum atomic E-state index is 11.6. The van der Waals surface area contributed by atoms with E-state index >= 15 is 0 Å². The van der Waals surface area contributed by atoms with Gasteiger partial charge in [0.2, 0.25) is 0 Å². The molecular formula is C21H19I2N2O8-3. The zero-order valence-corrected chi connectivity index (χ0v) is 21.4. The van der Waals surface area contributed by atoms with E-state index in [1.54, 1.807) is 24.3 Å². The van der Waals surface area contributed by atoms with E-state index in [2.05, 4.69) is 50.5 Å². The molecule has 0 saturated carbocycles. The minimum Gasteiger partial charge on any atom is -0.549 e. The number of nitrogens with one attached hydrogen (secondary N) is 1. The lowest BCUT2D eigenvalue weighted by atomic mass is 10.1. The van der Waals surface area contributed by atoms with E-state index in [1.807, 2.05) is 0 Å². The summed E-state index contributed by atoms with van der Waals surface area (Å²) < 4.78 is 7.36. The van der Waals surface area contributed by atoms with Gasteiger partial charge in [0, 0.05) is 26.2 Å². The molecular weight excluding hydrogens is 662 g/mol. The summed E-state index contributed by atoms with van der Waals surface area (Å²) in [4.78, 5) is 34.1. The molecule has 12 heteroatoms. The molecule has 0 aliphatic heterocycles. The fourth-order valence-corrected chi connectivity index (χ4v) is 5.03. The first-order valence-electron chi connectivity index (χ1n) is 9.56. The van der Waals surface area contributed by atoms with Crippen LogP contribution in [-0.2, 0) is 20.8 Å². The highest BCUT2D eigenvalue weighted by molar-refractivity contribution is 14.1. The number of hydrogen-bond donors (Lipinski definition) is 2. The lowest BCUT2D eigenvalue weighted by Gasteiger charge is -2.26. The molecule has 0 amide bonds. The summed E-state index contributed by atoms with van der Waals surface area (Å²) in [5.74, 6) is -3.02. The highest BCUT2D eigenvalue weighted by Crippen LogP contribution is 2.33. The monoisotopic (exact) mass is 681 g/mol. The van der Waals surface area contributed by atoms with Crippen molar-refractivity contribution in [3.63, 3.8) is 0 Å². The highest BCUT2D eigenvalue weighted by atomic mass is 127. The molecule has 1 atom stereocenters. The second-order valence-electron chi connectivity index (χ2n) is 6.97. The van der Waals surface area contributed by atoms with E-state index in [4.69, 9.17) is 4.74 Å². The molecule has 178 valence electrons. The van der Waals surface area contributed by atoms with Crippen LogP contribution >= 0.6 is 45.2 Å². The van der Waals surface area contributed by atoms with E-state index in [1.165, 1.54) is 12.1 Å². The summed E-state index contributed by atoms with van der Waals surface area (Å²) in [5.41, 5.74) is 0.699. The summed E-state index contributed by atoms with van der Waals surface area (Å²) >= 11 is 4.15. The molecule has 0 aliphatic carbocycles. The number of benzene rings is 2. The first-order valence-corrected chi connectivity index (χ1v) is 11.7. The van der Waals surface area contributed by atoms with Gasteiger partial charge in [-0.05, 0) is 93.6 Å². The Bertz CT molecular complexity index is 961. The number of rotatable bonds is 13. The number of nitrogens with zero attached hydrogens (tertiary/aromatic N) is 1. The van der Waals surface area contributed by atoms with Crippen LogP contribution in [0.1, 0.15) is 5.56 Å². The number of aromatic hydroxyl groups is 1. The van der Waals surface area contributed by atoms with Crippen LogP contribution in [-0.4, -0.2) is 60.1 Å². The Balaban J connectivity index is 2.04. The predicted molar refractivity (Wildman–Crippen MR) is 127 cm³/mol. The number of carbonyl (C=O) groups excluding carboxylic acids is 3. The van der Waals surface area contributed by atoms with E-state index in [9.17, 15) is 34.8 Å².